The highest BCUT2D eigenvalue weighted by molar-refractivity contribution is 14.1. The van der Waals surface area contributed by atoms with Crippen molar-refractivity contribution in [2.24, 2.45) is 0 Å². The fraction of sp³-hybridized carbons (Fsp3) is 0.231. The fourth-order valence-corrected chi connectivity index (χ4v) is 4.04. The van der Waals surface area contributed by atoms with Crippen molar-refractivity contribution in [2.75, 3.05) is 9.72 Å². The number of allylic oxidation sites excluding steroid dienone is 3. The van der Waals surface area contributed by atoms with Crippen molar-refractivity contribution in [3.8, 4) is 6.07 Å². The maximum absolute atomic E-state index is 12.7. The molecule has 0 radical (unpaired) electrons. The van der Waals surface area contributed by atoms with E-state index in [1.54, 1.807) is 31.2 Å². The smallest absolute Gasteiger partial charge is 0.311 e. The van der Waals surface area contributed by atoms with Crippen LogP contribution in [0.4, 0.5) is 5.69 Å². The van der Waals surface area contributed by atoms with Gasteiger partial charge < -0.3 is 15.5 Å². The number of carbonyl (C=O) groups excluding carboxylic acids is 2. The standard InChI is InChI=1S/C26H25IN4O3/c1-2-34-25(32)15-23(29)22-5-3-4-6-24(22)30-17-19-9-13-21(14-10-19)31(27)26(33)20-11-7-18(16-28)8-12-20/h5-14,29-30H,2-4,15,17H2,1H3. The lowest BCUT2D eigenvalue weighted by Gasteiger charge is -2.19. The molecule has 0 aromatic heterocycles. The molecule has 3 rings (SSSR count). The maximum atomic E-state index is 12.7. The van der Waals surface area contributed by atoms with Crippen LogP contribution in [0.2, 0.25) is 0 Å². The molecule has 0 fully saturated rings. The molecule has 0 unspecified atom stereocenters. The first-order valence-corrected chi connectivity index (χ1v) is 11.9. The molecular weight excluding hydrogens is 543 g/mol. The fourth-order valence-electron chi connectivity index (χ4n) is 3.44. The predicted octanol–water partition coefficient (Wildman–Crippen LogP) is 5.22. The Labute approximate surface area is 213 Å². The predicted molar refractivity (Wildman–Crippen MR) is 140 cm³/mol. The number of hydrogen-bond acceptors (Lipinski definition) is 6. The van der Waals surface area contributed by atoms with E-state index in [0.717, 1.165) is 35.4 Å². The molecule has 2 aromatic rings. The van der Waals surface area contributed by atoms with Gasteiger partial charge in [-0.2, -0.15) is 5.26 Å². The van der Waals surface area contributed by atoms with Crippen LogP contribution in [0.15, 0.2) is 72.0 Å². The van der Waals surface area contributed by atoms with Crippen molar-refractivity contribution >= 4 is 46.1 Å². The summed E-state index contributed by atoms with van der Waals surface area (Å²) < 4.78 is 6.50. The van der Waals surface area contributed by atoms with Crippen molar-refractivity contribution in [3.63, 3.8) is 0 Å². The van der Waals surface area contributed by atoms with Crippen molar-refractivity contribution in [2.45, 2.75) is 32.7 Å². The van der Waals surface area contributed by atoms with Crippen molar-refractivity contribution in [1.29, 1.82) is 10.7 Å². The number of amides is 1. The summed E-state index contributed by atoms with van der Waals surface area (Å²) in [5, 5.41) is 20.6. The summed E-state index contributed by atoms with van der Waals surface area (Å²) in [7, 11) is 0. The average molecular weight is 568 g/mol. The van der Waals surface area contributed by atoms with E-state index in [4.69, 9.17) is 15.4 Å². The quantitative estimate of drug-likeness (QED) is 0.187. The summed E-state index contributed by atoms with van der Waals surface area (Å²) in [5.41, 5.74) is 4.60. The van der Waals surface area contributed by atoms with Crippen LogP contribution < -0.4 is 8.43 Å². The van der Waals surface area contributed by atoms with Gasteiger partial charge in [-0.05, 0) is 61.7 Å². The molecular formula is C26H25IN4O3. The third-order valence-corrected chi connectivity index (χ3v) is 6.19. The number of nitrogens with zero attached hydrogens (tertiary/aromatic N) is 2. The van der Waals surface area contributed by atoms with Gasteiger partial charge in [-0.1, -0.05) is 24.3 Å². The minimum Gasteiger partial charge on any atom is -0.466 e. The molecule has 0 heterocycles. The van der Waals surface area contributed by atoms with Crippen LogP contribution >= 0.6 is 22.9 Å². The Morgan fingerprint density at radius 1 is 1.12 bits per heavy atom. The van der Waals surface area contributed by atoms with E-state index in [1.807, 2.05) is 65.4 Å². The van der Waals surface area contributed by atoms with Gasteiger partial charge in [-0.15, -0.1) is 0 Å². The lowest BCUT2D eigenvalue weighted by Crippen LogP contribution is -2.22. The first-order valence-electron chi connectivity index (χ1n) is 10.9. The second-order valence-electron chi connectivity index (χ2n) is 7.57. The number of nitrogens with one attached hydrogen (secondary N) is 2. The molecule has 0 atom stereocenters. The monoisotopic (exact) mass is 568 g/mol. The molecule has 0 saturated carbocycles. The van der Waals surface area contributed by atoms with Gasteiger partial charge in [-0.25, -0.2) is 3.11 Å². The number of hydrogen-bond donors (Lipinski definition) is 2. The highest BCUT2D eigenvalue weighted by atomic mass is 127. The molecule has 1 aliphatic carbocycles. The van der Waals surface area contributed by atoms with E-state index < -0.39 is 5.97 Å². The Balaban J connectivity index is 1.60. The van der Waals surface area contributed by atoms with E-state index in [1.165, 1.54) is 3.11 Å². The number of benzene rings is 2. The largest absolute Gasteiger partial charge is 0.466 e. The Morgan fingerprint density at radius 2 is 1.79 bits per heavy atom. The molecule has 0 spiro atoms. The lowest BCUT2D eigenvalue weighted by atomic mass is 9.97. The number of ether oxygens (including phenoxy) is 1. The number of rotatable bonds is 9. The number of anilines is 1. The molecule has 34 heavy (non-hydrogen) atoms. The molecule has 1 aliphatic rings. The van der Waals surface area contributed by atoms with E-state index in [9.17, 15) is 9.59 Å². The summed E-state index contributed by atoms with van der Waals surface area (Å²) in [5.74, 6) is -0.564. The van der Waals surface area contributed by atoms with Gasteiger partial charge in [0.2, 0.25) is 0 Å². The minimum absolute atomic E-state index is 0.0495. The van der Waals surface area contributed by atoms with E-state index in [-0.39, 0.29) is 18.0 Å². The third-order valence-electron chi connectivity index (χ3n) is 5.19. The second-order valence-corrected chi connectivity index (χ2v) is 8.53. The van der Waals surface area contributed by atoms with Gasteiger partial charge in [-0.3, -0.25) is 9.59 Å². The van der Waals surface area contributed by atoms with Gasteiger partial charge >= 0.3 is 5.97 Å². The van der Waals surface area contributed by atoms with Crippen LogP contribution in [-0.4, -0.2) is 24.2 Å². The zero-order chi connectivity index (χ0) is 24.5. The number of halogens is 1. The van der Waals surface area contributed by atoms with Gasteiger partial charge in [0.15, 0.2) is 0 Å². The Morgan fingerprint density at radius 3 is 2.44 bits per heavy atom. The first kappa shape index (κ1) is 25.2. The van der Waals surface area contributed by atoms with Crippen molar-refractivity contribution in [3.05, 3.63) is 88.6 Å². The van der Waals surface area contributed by atoms with Crippen molar-refractivity contribution < 1.29 is 14.3 Å². The SMILES string of the molecule is CCOC(=O)CC(=N)C1=CCCC=C1NCc1ccc(N(I)C(=O)c2ccc(C#N)cc2)cc1. The summed E-state index contributed by atoms with van der Waals surface area (Å²) in [6.45, 7) is 2.59. The topological polar surface area (TPSA) is 106 Å². The van der Waals surface area contributed by atoms with E-state index in [0.29, 0.717) is 24.3 Å². The van der Waals surface area contributed by atoms with E-state index in [2.05, 4.69) is 5.32 Å². The van der Waals surface area contributed by atoms with Gasteiger partial charge in [0.05, 0.1) is 58.9 Å². The molecule has 2 N–H and O–H groups in total. The molecule has 0 aliphatic heterocycles. The van der Waals surface area contributed by atoms with Gasteiger partial charge in [0.25, 0.3) is 5.91 Å². The van der Waals surface area contributed by atoms with E-state index >= 15 is 0 Å². The zero-order valence-corrected chi connectivity index (χ0v) is 21.0. The summed E-state index contributed by atoms with van der Waals surface area (Å²) in [6, 6.07) is 16.2. The highest BCUT2D eigenvalue weighted by Crippen LogP contribution is 2.23. The van der Waals surface area contributed by atoms with Crippen LogP contribution in [0.3, 0.4) is 0 Å². The number of nitriles is 1. The molecule has 1 amide bonds. The second kappa shape index (κ2) is 12.1. The Bertz CT molecular complexity index is 1160. The van der Waals surface area contributed by atoms with Gasteiger partial charge in [0, 0.05) is 23.4 Å². The maximum Gasteiger partial charge on any atom is 0.311 e. The molecule has 0 saturated heterocycles. The lowest BCUT2D eigenvalue weighted by molar-refractivity contribution is -0.141. The average Bonchev–Trinajstić information content (AvgIpc) is 2.87. The van der Waals surface area contributed by atoms with Crippen molar-refractivity contribution in [1.82, 2.24) is 5.32 Å². The summed E-state index contributed by atoms with van der Waals surface area (Å²) >= 11 is 1.97. The number of carbonyl (C=O) groups is 2. The Hall–Kier alpha value is -3.45. The van der Waals surface area contributed by atoms with Crippen LogP contribution in [-0.2, 0) is 16.1 Å². The van der Waals surface area contributed by atoms with Crippen LogP contribution in [0.1, 0.15) is 47.7 Å². The number of esters is 1. The zero-order valence-electron chi connectivity index (χ0n) is 18.8. The molecule has 7 nitrogen and oxygen atoms in total. The molecule has 2 aromatic carbocycles. The van der Waals surface area contributed by atoms with Crippen LogP contribution in [0, 0.1) is 16.7 Å². The minimum atomic E-state index is -0.396. The first-order chi connectivity index (χ1) is 16.4. The van der Waals surface area contributed by atoms with Crippen LogP contribution in [0.5, 0.6) is 0 Å². The molecule has 8 heteroatoms. The normalized spacial score (nSPS) is 12.6. The van der Waals surface area contributed by atoms with Gasteiger partial charge in [0.1, 0.15) is 0 Å². The van der Waals surface area contributed by atoms with Crippen LogP contribution in [0.25, 0.3) is 0 Å². The molecule has 0 bridgehead atoms. The molecule has 174 valence electrons. The summed E-state index contributed by atoms with van der Waals surface area (Å²) in [4.78, 5) is 24.5. The highest BCUT2D eigenvalue weighted by Gasteiger charge is 2.18. The Kier molecular flexibility index (Phi) is 8.99. The third kappa shape index (κ3) is 6.54. The summed E-state index contributed by atoms with van der Waals surface area (Å²) in [6.07, 6.45) is 5.69.